The summed E-state index contributed by atoms with van der Waals surface area (Å²) in [6, 6.07) is 7.94. The minimum absolute atomic E-state index is 0.596. The van der Waals surface area contributed by atoms with Gasteiger partial charge in [0, 0.05) is 5.75 Å². The number of thiazole rings is 1. The molecule has 0 aliphatic rings. The minimum Gasteiger partial charge on any atom is -0.252 e. The zero-order valence-electron chi connectivity index (χ0n) is 9.47. The number of hydrogen-bond donors (Lipinski definition) is 0. The molecule has 0 saturated heterocycles. The van der Waals surface area contributed by atoms with Gasteiger partial charge in [0.05, 0.1) is 21.0 Å². The number of hydrogen-bond acceptors (Lipinski definition) is 3. The largest absolute Gasteiger partial charge is 0.252 e. The summed E-state index contributed by atoms with van der Waals surface area (Å²) in [5, 5.41) is 0. The molecule has 2 rings (SSSR count). The van der Waals surface area contributed by atoms with E-state index in [-0.39, 0.29) is 0 Å². The smallest absolute Gasteiger partial charge is 0.181 e. The molecule has 2 aromatic rings. The van der Waals surface area contributed by atoms with Gasteiger partial charge in [-0.25, -0.2) is 4.98 Å². The van der Waals surface area contributed by atoms with E-state index in [1.54, 1.807) is 11.3 Å². The number of nitrogens with zero attached hydrogens (tertiary/aromatic N) is 1. The van der Waals surface area contributed by atoms with Crippen LogP contribution in [0.4, 0.5) is 0 Å². The Morgan fingerprint density at radius 3 is 2.81 bits per heavy atom. The molecule has 0 saturated carbocycles. The number of fused-ring (bicyclic) bond motifs is 1. The average molecular weight is 253 g/mol. The second-order valence-electron chi connectivity index (χ2n) is 4.18. The summed E-state index contributed by atoms with van der Waals surface area (Å²) in [5.41, 5.74) is 0.959. The SMILES string of the molecule is CC(C)CCS(=O)c1nc2ccccc2s1. The van der Waals surface area contributed by atoms with Gasteiger partial charge in [0.15, 0.2) is 4.34 Å². The molecule has 1 aromatic carbocycles. The van der Waals surface area contributed by atoms with Crippen molar-refractivity contribution < 1.29 is 4.21 Å². The highest BCUT2D eigenvalue weighted by atomic mass is 32.2. The first-order chi connectivity index (χ1) is 7.66. The molecule has 1 heterocycles. The Kier molecular flexibility index (Phi) is 3.71. The fourth-order valence-electron chi connectivity index (χ4n) is 1.38. The highest BCUT2D eigenvalue weighted by Gasteiger charge is 2.10. The predicted molar refractivity (Wildman–Crippen MR) is 70.4 cm³/mol. The van der Waals surface area contributed by atoms with E-state index in [9.17, 15) is 4.21 Å². The average Bonchev–Trinajstić information content (AvgIpc) is 2.69. The van der Waals surface area contributed by atoms with Gasteiger partial charge in [0.1, 0.15) is 0 Å². The van der Waals surface area contributed by atoms with Crippen LogP contribution in [0.15, 0.2) is 28.6 Å². The number of para-hydroxylation sites is 1. The summed E-state index contributed by atoms with van der Waals surface area (Å²) in [5.74, 6) is 1.32. The molecular weight excluding hydrogens is 238 g/mol. The molecule has 2 nitrogen and oxygen atoms in total. The first-order valence-electron chi connectivity index (χ1n) is 5.41. The maximum absolute atomic E-state index is 12.0. The first-order valence-corrected chi connectivity index (χ1v) is 7.54. The lowest BCUT2D eigenvalue weighted by Crippen LogP contribution is -2.01. The van der Waals surface area contributed by atoms with Crippen LogP contribution in [-0.2, 0) is 10.8 Å². The molecule has 0 N–H and O–H groups in total. The van der Waals surface area contributed by atoms with Crippen molar-refractivity contribution in [3.05, 3.63) is 24.3 Å². The first kappa shape index (κ1) is 11.7. The Morgan fingerprint density at radius 1 is 1.38 bits per heavy atom. The van der Waals surface area contributed by atoms with Crippen LogP contribution in [0.1, 0.15) is 20.3 Å². The summed E-state index contributed by atoms with van der Waals surface area (Å²) in [4.78, 5) is 4.41. The van der Waals surface area contributed by atoms with Crippen molar-refractivity contribution in [3.8, 4) is 0 Å². The second kappa shape index (κ2) is 5.06. The molecule has 16 heavy (non-hydrogen) atoms. The highest BCUT2D eigenvalue weighted by molar-refractivity contribution is 7.87. The fourth-order valence-corrected chi connectivity index (χ4v) is 4.03. The van der Waals surface area contributed by atoms with Crippen molar-refractivity contribution in [2.24, 2.45) is 5.92 Å². The van der Waals surface area contributed by atoms with E-state index < -0.39 is 10.8 Å². The zero-order chi connectivity index (χ0) is 11.5. The summed E-state index contributed by atoms with van der Waals surface area (Å²) >= 11 is 1.55. The molecule has 1 atom stereocenters. The predicted octanol–water partition coefficient (Wildman–Crippen LogP) is 3.45. The molecule has 0 aliphatic carbocycles. The Labute approximate surface area is 102 Å². The monoisotopic (exact) mass is 253 g/mol. The fraction of sp³-hybridized carbons (Fsp3) is 0.417. The molecule has 86 valence electrons. The van der Waals surface area contributed by atoms with Gasteiger partial charge in [0.2, 0.25) is 0 Å². The maximum atomic E-state index is 12.0. The van der Waals surface area contributed by atoms with Crippen LogP contribution in [0.5, 0.6) is 0 Å². The Morgan fingerprint density at radius 2 is 2.12 bits per heavy atom. The number of benzene rings is 1. The van der Waals surface area contributed by atoms with Crippen LogP contribution in [0.3, 0.4) is 0 Å². The van der Waals surface area contributed by atoms with Crippen LogP contribution in [0.25, 0.3) is 10.2 Å². The highest BCUT2D eigenvalue weighted by Crippen LogP contribution is 2.24. The lowest BCUT2D eigenvalue weighted by molar-refractivity contribution is 0.619. The summed E-state index contributed by atoms with van der Waals surface area (Å²) in [7, 11) is -0.929. The van der Waals surface area contributed by atoms with E-state index in [0.717, 1.165) is 26.7 Å². The van der Waals surface area contributed by atoms with E-state index in [4.69, 9.17) is 0 Å². The van der Waals surface area contributed by atoms with Crippen LogP contribution in [0, 0.1) is 5.92 Å². The maximum Gasteiger partial charge on any atom is 0.181 e. The van der Waals surface area contributed by atoms with Crippen molar-refractivity contribution in [3.63, 3.8) is 0 Å². The van der Waals surface area contributed by atoms with Gasteiger partial charge in [0.25, 0.3) is 0 Å². The van der Waals surface area contributed by atoms with E-state index in [1.165, 1.54) is 0 Å². The zero-order valence-corrected chi connectivity index (χ0v) is 11.1. The standard InChI is InChI=1S/C12H15NOS2/c1-9(2)7-8-16(14)12-13-10-5-3-4-6-11(10)15-12/h3-6,9H,7-8H2,1-2H3. The Hall–Kier alpha value is -0.740. The quantitative estimate of drug-likeness (QED) is 0.835. The molecular formula is C12H15NOS2. The van der Waals surface area contributed by atoms with Crippen LogP contribution < -0.4 is 0 Å². The molecule has 0 radical (unpaired) electrons. The van der Waals surface area contributed by atoms with Gasteiger partial charge >= 0.3 is 0 Å². The third-order valence-corrected chi connectivity index (χ3v) is 5.08. The van der Waals surface area contributed by atoms with E-state index in [0.29, 0.717) is 5.92 Å². The summed E-state index contributed by atoms with van der Waals surface area (Å²) < 4.78 is 13.9. The third-order valence-electron chi connectivity index (χ3n) is 2.35. The molecule has 1 aromatic heterocycles. The van der Waals surface area contributed by atoms with Gasteiger partial charge in [-0.15, -0.1) is 11.3 Å². The van der Waals surface area contributed by atoms with E-state index in [2.05, 4.69) is 18.8 Å². The molecule has 0 fully saturated rings. The van der Waals surface area contributed by atoms with Gasteiger partial charge in [-0.2, -0.15) is 0 Å². The van der Waals surface area contributed by atoms with Gasteiger partial charge in [-0.3, -0.25) is 4.21 Å². The van der Waals surface area contributed by atoms with Crippen molar-refractivity contribution in [2.45, 2.75) is 24.6 Å². The normalized spacial score (nSPS) is 13.4. The molecule has 0 spiro atoms. The van der Waals surface area contributed by atoms with Crippen molar-refractivity contribution >= 4 is 32.4 Å². The third kappa shape index (κ3) is 2.68. The van der Waals surface area contributed by atoms with Gasteiger partial charge < -0.3 is 0 Å². The molecule has 0 bridgehead atoms. The lowest BCUT2D eigenvalue weighted by Gasteiger charge is -2.01. The van der Waals surface area contributed by atoms with Gasteiger partial charge in [-0.05, 0) is 24.5 Å². The van der Waals surface area contributed by atoms with Crippen molar-refractivity contribution in [1.82, 2.24) is 4.98 Å². The molecule has 0 amide bonds. The van der Waals surface area contributed by atoms with E-state index >= 15 is 0 Å². The molecule has 0 aliphatic heterocycles. The number of aromatic nitrogens is 1. The van der Waals surface area contributed by atoms with Crippen molar-refractivity contribution in [1.29, 1.82) is 0 Å². The van der Waals surface area contributed by atoms with Gasteiger partial charge in [-0.1, -0.05) is 26.0 Å². The summed E-state index contributed by atoms with van der Waals surface area (Å²) in [6.07, 6.45) is 0.989. The topological polar surface area (TPSA) is 30.0 Å². The van der Waals surface area contributed by atoms with Crippen molar-refractivity contribution in [2.75, 3.05) is 5.75 Å². The second-order valence-corrected chi connectivity index (χ2v) is 6.95. The lowest BCUT2D eigenvalue weighted by atomic mass is 10.2. The minimum atomic E-state index is -0.929. The Balaban J connectivity index is 2.17. The van der Waals surface area contributed by atoms with Crippen LogP contribution in [0.2, 0.25) is 0 Å². The number of rotatable bonds is 4. The molecule has 1 unspecified atom stereocenters. The van der Waals surface area contributed by atoms with Crippen LogP contribution >= 0.6 is 11.3 Å². The van der Waals surface area contributed by atoms with Crippen LogP contribution in [-0.4, -0.2) is 14.9 Å². The van der Waals surface area contributed by atoms with E-state index in [1.807, 2.05) is 24.3 Å². The summed E-state index contributed by atoms with van der Waals surface area (Å²) in [6.45, 7) is 4.30. The Bertz CT molecular complexity index is 471. The molecule has 4 heteroatoms.